The average Bonchev–Trinajstić information content (AvgIpc) is 3.63. The van der Waals surface area contributed by atoms with Crippen molar-refractivity contribution >= 4 is 55.6 Å². The molecule has 0 aliphatic heterocycles. The van der Waals surface area contributed by atoms with Crippen LogP contribution in [0.3, 0.4) is 0 Å². The predicted molar refractivity (Wildman–Crippen MR) is 140 cm³/mol. The quantitative estimate of drug-likeness (QED) is 0.156. The van der Waals surface area contributed by atoms with Crippen LogP contribution >= 0.6 is 31.9 Å². The molecule has 4 aromatic rings. The van der Waals surface area contributed by atoms with Crippen molar-refractivity contribution in [3.63, 3.8) is 0 Å². The van der Waals surface area contributed by atoms with Crippen LogP contribution in [-0.2, 0) is 6.42 Å². The van der Waals surface area contributed by atoms with Crippen molar-refractivity contribution in [3.05, 3.63) is 68.1 Å². The van der Waals surface area contributed by atoms with Crippen LogP contribution in [0.15, 0.2) is 39.7 Å². The van der Waals surface area contributed by atoms with E-state index in [4.69, 9.17) is 11.5 Å². The first-order valence-electron chi connectivity index (χ1n) is 11.2. The van der Waals surface area contributed by atoms with E-state index in [1.54, 1.807) is 30.7 Å². The van der Waals surface area contributed by atoms with Crippen molar-refractivity contribution in [3.8, 4) is 0 Å². The van der Waals surface area contributed by atoms with Gasteiger partial charge < -0.3 is 42.0 Å². The molecule has 5 rings (SSSR count). The molecule has 36 heavy (non-hydrogen) atoms. The normalized spacial score (nSPS) is 19.1. The number of amides is 2. The van der Waals surface area contributed by atoms with Crippen molar-refractivity contribution in [1.29, 1.82) is 0 Å². The van der Waals surface area contributed by atoms with E-state index in [1.807, 2.05) is 0 Å². The lowest BCUT2D eigenvalue weighted by molar-refractivity contribution is 0.0906. The summed E-state index contributed by atoms with van der Waals surface area (Å²) < 4.78 is 1.57. The van der Waals surface area contributed by atoms with Crippen molar-refractivity contribution in [2.45, 2.75) is 12.3 Å². The lowest BCUT2D eigenvalue weighted by atomic mass is 9.71. The van der Waals surface area contributed by atoms with Gasteiger partial charge in [-0.15, -0.1) is 0 Å². The van der Waals surface area contributed by atoms with Gasteiger partial charge in [0.25, 0.3) is 11.8 Å². The SMILES string of the molecule is Nc1ncc([C@@H]2c3nc(N)[nH]c3C[C@H](CNC(=O)c3cc(Br)c[nH]3)[C@@H]2CNC(=O)c2cc(Br)c[nH]2)[nH]1. The Kier molecular flexibility index (Phi) is 6.62. The van der Waals surface area contributed by atoms with Crippen LogP contribution in [0.2, 0.25) is 0 Å². The lowest BCUT2D eigenvalue weighted by Crippen LogP contribution is -2.44. The number of halogens is 2. The molecule has 0 unspecified atom stereocenters. The van der Waals surface area contributed by atoms with Crippen LogP contribution in [0, 0.1) is 11.8 Å². The van der Waals surface area contributed by atoms with E-state index in [-0.39, 0.29) is 35.5 Å². The van der Waals surface area contributed by atoms with Crippen molar-refractivity contribution in [2.24, 2.45) is 11.8 Å². The number of nitrogens with two attached hydrogens (primary N) is 2. The van der Waals surface area contributed by atoms with E-state index >= 15 is 0 Å². The van der Waals surface area contributed by atoms with Gasteiger partial charge in [-0.1, -0.05) is 0 Å². The van der Waals surface area contributed by atoms with E-state index < -0.39 is 0 Å². The zero-order valence-electron chi connectivity index (χ0n) is 18.9. The van der Waals surface area contributed by atoms with E-state index in [1.165, 1.54) is 0 Å². The summed E-state index contributed by atoms with van der Waals surface area (Å²) in [6, 6.07) is 3.42. The van der Waals surface area contributed by atoms with Gasteiger partial charge in [-0.05, 0) is 62.2 Å². The Bertz CT molecular complexity index is 1400. The summed E-state index contributed by atoms with van der Waals surface area (Å²) in [5.74, 6) is -0.390. The number of imidazole rings is 2. The van der Waals surface area contributed by atoms with Crippen LogP contribution in [0.4, 0.5) is 11.9 Å². The second kappa shape index (κ2) is 9.85. The number of hydrogen-bond donors (Lipinski definition) is 8. The van der Waals surface area contributed by atoms with Gasteiger partial charge in [-0.2, -0.15) is 0 Å². The van der Waals surface area contributed by atoms with E-state index in [0.29, 0.717) is 36.8 Å². The Labute approximate surface area is 222 Å². The summed E-state index contributed by atoms with van der Waals surface area (Å²) in [5.41, 5.74) is 15.2. The van der Waals surface area contributed by atoms with Gasteiger partial charge in [0.1, 0.15) is 11.4 Å². The minimum absolute atomic E-state index is 0.0649. The first kappa shape index (κ1) is 24.2. The predicted octanol–water partition coefficient (Wildman–Crippen LogP) is 2.26. The molecule has 4 aromatic heterocycles. The molecule has 0 saturated heterocycles. The van der Waals surface area contributed by atoms with E-state index in [0.717, 1.165) is 26.0 Å². The smallest absolute Gasteiger partial charge is 0.267 e. The molecular formula is C22H24Br2N10O2. The Morgan fingerprint density at radius 1 is 0.972 bits per heavy atom. The lowest BCUT2D eigenvalue weighted by Gasteiger charge is -2.37. The maximum absolute atomic E-state index is 12.8. The summed E-state index contributed by atoms with van der Waals surface area (Å²) in [7, 11) is 0. The molecule has 0 aromatic carbocycles. The van der Waals surface area contributed by atoms with Crippen molar-refractivity contribution in [2.75, 3.05) is 24.6 Å². The molecule has 0 radical (unpaired) electrons. The molecule has 2 amide bonds. The Morgan fingerprint density at radius 2 is 1.61 bits per heavy atom. The molecule has 0 bridgehead atoms. The van der Waals surface area contributed by atoms with E-state index in [9.17, 15) is 9.59 Å². The molecule has 0 spiro atoms. The van der Waals surface area contributed by atoms with Crippen LogP contribution in [0.5, 0.6) is 0 Å². The van der Waals surface area contributed by atoms with Crippen LogP contribution < -0.4 is 22.1 Å². The minimum atomic E-state index is -0.288. The summed E-state index contributed by atoms with van der Waals surface area (Å²) in [6.45, 7) is 0.683. The number of aromatic amines is 4. The number of rotatable bonds is 7. The maximum atomic E-state index is 12.8. The summed E-state index contributed by atoms with van der Waals surface area (Å²) in [5, 5.41) is 6.05. The Morgan fingerprint density at radius 3 is 2.17 bits per heavy atom. The molecule has 10 N–H and O–H groups in total. The summed E-state index contributed by atoms with van der Waals surface area (Å²) in [6.07, 6.45) is 5.65. The minimum Gasteiger partial charge on any atom is -0.369 e. The van der Waals surface area contributed by atoms with Crippen LogP contribution in [0.1, 0.15) is 44.0 Å². The molecule has 0 fully saturated rings. The number of anilines is 2. The fourth-order valence-corrected chi connectivity index (χ4v) is 5.45. The molecule has 12 nitrogen and oxygen atoms in total. The second-order valence-electron chi connectivity index (χ2n) is 8.70. The highest BCUT2D eigenvalue weighted by atomic mass is 79.9. The number of nitrogens with zero attached hydrogens (tertiary/aromatic N) is 2. The van der Waals surface area contributed by atoms with Gasteiger partial charge >= 0.3 is 0 Å². The zero-order chi connectivity index (χ0) is 25.4. The first-order valence-corrected chi connectivity index (χ1v) is 12.8. The molecule has 188 valence electrons. The number of nitrogens with one attached hydrogen (secondary N) is 6. The third kappa shape index (κ3) is 4.91. The van der Waals surface area contributed by atoms with Crippen molar-refractivity contribution < 1.29 is 9.59 Å². The molecule has 14 heteroatoms. The highest BCUT2D eigenvalue weighted by molar-refractivity contribution is 9.10. The number of fused-ring (bicyclic) bond motifs is 1. The number of H-pyrrole nitrogens is 4. The maximum Gasteiger partial charge on any atom is 0.267 e. The van der Waals surface area contributed by atoms with Crippen LogP contribution in [-0.4, -0.2) is 54.8 Å². The molecule has 0 saturated carbocycles. The molecule has 1 aliphatic rings. The summed E-state index contributed by atoms with van der Waals surface area (Å²) >= 11 is 6.70. The molecular weight excluding hydrogens is 596 g/mol. The van der Waals surface area contributed by atoms with Crippen molar-refractivity contribution in [1.82, 2.24) is 40.5 Å². The second-order valence-corrected chi connectivity index (χ2v) is 10.5. The number of nitrogen functional groups attached to an aromatic ring is 2. The molecule has 1 aliphatic carbocycles. The highest BCUT2D eigenvalue weighted by Gasteiger charge is 2.41. The van der Waals surface area contributed by atoms with E-state index in [2.05, 4.69) is 72.4 Å². The monoisotopic (exact) mass is 618 g/mol. The molecule has 3 atom stereocenters. The highest BCUT2D eigenvalue weighted by Crippen LogP contribution is 2.42. The van der Waals surface area contributed by atoms with Crippen LogP contribution in [0.25, 0.3) is 0 Å². The number of carbonyl (C=O) groups excluding carboxylic acids is 2. The molecule has 4 heterocycles. The third-order valence-electron chi connectivity index (χ3n) is 6.38. The largest absolute Gasteiger partial charge is 0.369 e. The van der Waals surface area contributed by atoms with Gasteiger partial charge in [0, 0.05) is 51.7 Å². The van der Waals surface area contributed by atoms with Gasteiger partial charge in [0.05, 0.1) is 11.9 Å². The van der Waals surface area contributed by atoms with Gasteiger partial charge in [0.15, 0.2) is 11.9 Å². The van der Waals surface area contributed by atoms with Gasteiger partial charge in [-0.3, -0.25) is 9.59 Å². The fourth-order valence-electron chi connectivity index (χ4n) is 4.76. The average molecular weight is 620 g/mol. The Balaban J connectivity index is 1.43. The Hall–Kier alpha value is -3.52. The third-order valence-corrected chi connectivity index (χ3v) is 7.30. The van der Waals surface area contributed by atoms with Gasteiger partial charge in [-0.25, -0.2) is 9.97 Å². The first-order chi connectivity index (χ1) is 17.3. The zero-order valence-corrected chi connectivity index (χ0v) is 22.0. The fraction of sp³-hybridized carbons (Fsp3) is 0.273. The summed E-state index contributed by atoms with van der Waals surface area (Å²) in [4.78, 5) is 46.4. The standard InChI is InChI=1S/C22H24Br2N10O2/c23-10-2-14(27-5-10)19(35)29-4-9-1-13-18(34-22(26)32-13)17(16-8-31-21(25)33-16)12(9)7-30-20(36)15-3-11(24)6-28-15/h2-3,5-6,8-9,12,17,27-28H,1,4,7H2,(H,29,35)(H,30,36)(H3,25,31,33)(H3,26,32,34)/t9-,12+,17-/m1/s1. The number of aromatic nitrogens is 6. The number of carbonyl (C=O) groups is 2. The van der Waals surface area contributed by atoms with Gasteiger partial charge in [0.2, 0.25) is 0 Å². The topological polar surface area (TPSA) is 199 Å². The number of hydrogen-bond acceptors (Lipinski definition) is 6.